The van der Waals surface area contributed by atoms with Crippen LogP contribution in [0.5, 0.6) is 0 Å². The molecule has 0 radical (unpaired) electrons. The zero-order chi connectivity index (χ0) is 22.0. The molecular formula is C25H15FN2O3S. The van der Waals surface area contributed by atoms with Gasteiger partial charge in [0, 0.05) is 0 Å². The number of carbonyl (C=O) groups is 1. The number of benzene rings is 3. The highest BCUT2D eigenvalue weighted by molar-refractivity contribution is 7.22. The Morgan fingerprint density at radius 3 is 2.66 bits per heavy atom. The molecule has 1 aliphatic heterocycles. The summed E-state index contributed by atoms with van der Waals surface area (Å²) in [6.07, 6.45) is 0. The summed E-state index contributed by atoms with van der Waals surface area (Å²) in [5, 5.41) is 0.821. The molecule has 0 saturated heterocycles. The van der Waals surface area contributed by atoms with Crippen molar-refractivity contribution >= 4 is 43.6 Å². The average molecular weight is 442 g/mol. The number of aromatic nitrogens is 1. The smallest absolute Gasteiger partial charge is 0.297 e. The third-order valence-corrected chi connectivity index (χ3v) is 6.70. The summed E-state index contributed by atoms with van der Waals surface area (Å²) >= 11 is 1.20. The number of fused-ring (bicyclic) bond motifs is 3. The quantitative estimate of drug-likeness (QED) is 0.357. The molecule has 32 heavy (non-hydrogen) atoms. The van der Waals surface area contributed by atoms with Gasteiger partial charge in [0.2, 0.25) is 5.76 Å². The van der Waals surface area contributed by atoms with Crippen LogP contribution >= 0.6 is 11.3 Å². The minimum Gasteiger partial charge on any atom is -0.450 e. The molecule has 5 nitrogen and oxygen atoms in total. The molecule has 2 aromatic heterocycles. The normalized spacial score (nSPS) is 15.6. The van der Waals surface area contributed by atoms with Gasteiger partial charge < -0.3 is 4.42 Å². The van der Waals surface area contributed by atoms with Crippen molar-refractivity contribution < 1.29 is 13.6 Å². The van der Waals surface area contributed by atoms with E-state index in [0.29, 0.717) is 31.9 Å². The molecule has 0 bridgehead atoms. The Morgan fingerprint density at radius 2 is 1.84 bits per heavy atom. The number of aryl methyl sites for hydroxylation is 1. The van der Waals surface area contributed by atoms with E-state index >= 15 is 0 Å². The van der Waals surface area contributed by atoms with Gasteiger partial charge in [0.25, 0.3) is 5.91 Å². The number of hydrogen-bond donors (Lipinski definition) is 0. The standard InChI is InChI=1S/C25H15FN2O3S/c1-13-7-10-18-16(11-13)22(29)20-21(14-5-3-2-4-6-14)28(24(30)23(20)31-18)25-27-17-9-8-15(26)12-19(17)32-25/h2-12,21H,1H3/t21-/m1/s1. The minimum atomic E-state index is -0.690. The summed E-state index contributed by atoms with van der Waals surface area (Å²) in [6, 6.07) is 18.3. The first-order chi connectivity index (χ1) is 15.5. The molecule has 6 rings (SSSR count). The van der Waals surface area contributed by atoms with Gasteiger partial charge in [-0.3, -0.25) is 14.5 Å². The number of nitrogens with zero attached hydrogens (tertiary/aromatic N) is 2. The van der Waals surface area contributed by atoms with E-state index in [9.17, 15) is 14.0 Å². The molecule has 156 valence electrons. The number of rotatable bonds is 2. The van der Waals surface area contributed by atoms with E-state index in [1.165, 1.54) is 28.4 Å². The van der Waals surface area contributed by atoms with Gasteiger partial charge in [0.05, 0.1) is 27.2 Å². The molecule has 1 amide bonds. The molecule has 0 saturated carbocycles. The van der Waals surface area contributed by atoms with E-state index in [1.807, 2.05) is 43.3 Å². The lowest BCUT2D eigenvalue weighted by Crippen LogP contribution is -2.29. The molecule has 0 spiro atoms. The van der Waals surface area contributed by atoms with E-state index < -0.39 is 11.9 Å². The van der Waals surface area contributed by atoms with Crippen LogP contribution in [0.4, 0.5) is 9.52 Å². The Kier molecular flexibility index (Phi) is 4.03. The van der Waals surface area contributed by atoms with Crippen LogP contribution in [0.15, 0.2) is 75.9 Å². The molecule has 5 aromatic rings. The maximum Gasteiger partial charge on any atom is 0.297 e. The molecule has 1 aliphatic rings. The maximum atomic E-state index is 13.7. The van der Waals surface area contributed by atoms with Crippen LogP contribution < -0.4 is 10.3 Å². The van der Waals surface area contributed by atoms with E-state index in [0.717, 1.165) is 11.1 Å². The fourth-order valence-corrected chi connectivity index (χ4v) is 5.24. The summed E-state index contributed by atoms with van der Waals surface area (Å²) in [5.74, 6) is -0.791. The summed E-state index contributed by atoms with van der Waals surface area (Å²) in [4.78, 5) is 33.2. The maximum absolute atomic E-state index is 13.7. The number of carbonyl (C=O) groups excluding carboxylic acids is 1. The van der Waals surface area contributed by atoms with Crippen LogP contribution in [0.1, 0.15) is 33.3 Å². The second-order valence-electron chi connectivity index (χ2n) is 7.77. The number of thiazole rings is 1. The lowest BCUT2D eigenvalue weighted by Gasteiger charge is -2.22. The molecule has 0 N–H and O–H groups in total. The number of anilines is 1. The lowest BCUT2D eigenvalue weighted by molar-refractivity contribution is 0.0971. The second kappa shape index (κ2) is 6.83. The van der Waals surface area contributed by atoms with E-state index in [1.54, 1.807) is 18.2 Å². The van der Waals surface area contributed by atoms with Crippen molar-refractivity contribution in [2.45, 2.75) is 13.0 Å². The summed E-state index contributed by atoms with van der Waals surface area (Å²) in [7, 11) is 0. The largest absolute Gasteiger partial charge is 0.450 e. The highest BCUT2D eigenvalue weighted by Gasteiger charge is 2.44. The fourth-order valence-electron chi connectivity index (χ4n) is 4.22. The van der Waals surface area contributed by atoms with Gasteiger partial charge in [-0.05, 0) is 42.8 Å². The minimum absolute atomic E-state index is 0.0191. The van der Waals surface area contributed by atoms with Gasteiger partial charge in [-0.25, -0.2) is 9.37 Å². The predicted molar refractivity (Wildman–Crippen MR) is 122 cm³/mol. The third kappa shape index (κ3) is 2.71. The van der Waals surface area contributed by atoms with Gasteiger partial charge in [0.1, 0.15) is 11.4 Å². The Bertz CT molecular complexity index is 1610. The van der Waals surface area contributed by atoms with E-state index in [4.69, 9.17) is 4.42 Å². The van der Waals surface area contributed by atoms with Crippen LogP contribution in [0.25, 0.3) is 21.2 Å². The fraction of sp³-hybridized carbons (Fsp3) is 0.0800. The molecule has 3 heterocycles. The van der Waals surface area contributed by atoms with Crippen molar-refractivity contribution in [3.05, 3.63) is 105 Å². The van der Waals surface area contributed by atoms with Gasteiger partial charge in [0.15, 0.2) is 10.6 Å². The van der Waals surface area contributed by atoms with Gasteiger partial charge in [-0.2, -0.15) is 0 Å². The van der Waals surface area contributed by atoms with Crippen molar-refractivity contribution in [1.29, 1.82) is 0 Å². The average Bonchev–Trinajstić information content (AvgIpc) is 3.33. The third-order valence-electron chi connectivity index (χ3n) is 5.69. The lowest BCUT2D eigenvalue weighted by atomic mass is 9.98. The SMILES string of the molecule is Cc1ccc2oc3c(c(=O)c2c1)[C@@H](c1ccccc1)N(c1nc2ccc(F)cc2s1)C3=O. The molecular weight excluding hydrogens is 427 g/mol. The van der Waals surface area contributed by atoms with Crippen LogP contribution in [-0.2, 0) is 0 Å². The van der Waals surface area contributed by atoms with Crippen molar-refractivity contribution in [2.75, 3.05) is 4.90 Å². The molecule has 0 fully saturated rings. The van der Waals surface area contributed by atoms with Crippen molar-refractivity contribution in [1.82, 2.24) is 4.98 Å². The number of hydrogen-bond acceptors (Lipinski definition) is 5. The first-order valence-corrected chi connectivity index (χ1v) is 10.8. The number of amides is 1. The zero-order valence-corrected chi connectivity index (χ0v) is 17.7. The van der Waals surface area contributed by atoms with Gasteiger partial charge in [-0.15, -0.1) is 0 Å². The highest BCUT2D eigenvalue weighted by Crippen LogP contribution is 2.43. The van der Waals surface area contributed by atoms with Crippen LogP contribution in [0, 0.1) is 12.7 Å². The van der Waals surface area contributed by atoms with E-state index in [2.05, 4.69) is 4.98 Å². The summed E-state index contributed by atoms with van der Waals surface area (Å²) in [6.45, 7) is 1.90. The topological polar surface area (TPSA) is 63.4 Å². The van der Waals surface area contributed by atoms with Crippen molar-refractivity contribution in [2.24, 2.45) is 0 Å². The van der Waals surface area contributed by atoms with Gasteiger partial charge >= 0.3 is 0 Å². The Hall–Kier alpha value is -3.84. The zero-order valence-electron chi connectivity index (χ0n) is 16.8. The summed E-state index contributed by atoms with van der Waals surface area (Å²) in [5.41, 5.74) is 2.71. The molecule has 0 unspecified atom stereocenters. The molecule has 3 aromatic carbocycles. The number of halogens is 1. The van der Waals surface area contributed by atoms with Gasteiger partial charge in [-0.1, -0.05) is 53.3 Å². The summed E-state index contributed by atoms with van der Waals surface area (Å²) < 4.78 is 20.3. The van der Waals surface area contributed by atoms with Crippen LogP contribution in [-0.4, -0.2) is 10.9 Å². The Morgan fingerprint density at radius 1 is 1.03 bits per heavy atom. The van der Waals surface area contributed by atoms with Crippen LogP contribution in [0.3, 0.4) is 0 Å². The highest BCUT2D eigenvalue weighted by atomic mass is 32.1. The predicted octanol–water partition coefficient (Wildman–Crippen LogP) is 5.60. The second-order valence-corrected chi connectivity index (χ2v) is 8.78. The molecule has 1 atom stereocenters. The van der Waals surface area contributed by atoms with E-state index in [-0.39, 0.29) is 17.0 Å². The molecule has 7 heteroatoms. The first kappa shape index (κ1) is 18.9. The first-order valence-electron chi connectivity index (χ1n) is 10.0. The monoisotopic (exact) mass is 442 g/mol. The van der Waals surface area contributed by atoms with Crippen LogP contribution in [0.2, 0.25) is 0 Å². The Labute approximate surface area is 185 Å². The van der Waals surface area contributed by atoms with Crippen molar-refractivity contribution in [3.63, 3.8) is 0 Å². The Balaban J connectivity index is 1.64. The molecule has 0 aliphatic carbocycles. The van der Waals surface area contributed by atoms with Crippen molar-refractivity contribution in [3.8, 4) is 0 Å².